The second-order valence-electron chi connectivity index (χ2n) is 6.38. The maximum Gasteiger partial charge on any atom is 0.222 e. The van der Waals surface area contributed by atoms with Crippen molar-refractivity contribution >= 4 is 5.91 Å². The van der Waals surface area contributed by atoms with Gasteiger partial charge < -0.3 is 10.0 Å². The minimum Gasteiger partial charge on any atom is -0.393 e. The first-order valence-electron chi connectivity index (χ1n) is 7.83. The molecule has 0 spiro atoms. The fourth-order valence-electron chi connectivity index (χ4n) is 2.25. The monoisotopic (exact) mass is 291 g/mol. The maximum atomic E-state index is 12.2. The van der Waals surface area contributed by atoms with Crippen molar-refractivity contribution < 1.29 is 9.90 Å². The summed E-state index contributed by atoms with van der Waals surface area (Å²) >= 11 is 0. The summed E-state index contributed by atoms with van der Waals surface area (Å²) in [5.74, 6) is 0.881. The van der Waals surface area contributed by atoms with Gasteiger partial charge in [0.2, 0.25) is 5.91 Å². The molecule has 2 unspecified atom stereocenters. The van der Waals surface area contributed by atoms with Crippen LogP contribution in [-0.4, -0.2) is 35.6 Å². The van der Waals surface area contributed by atoms with E-state index in [0.29, 0.717) is 25.3 Å². The Bertz CT molecular complexity index is 437. The molecule has 2 atom stereocenters. The lowest BCUT2D eigenvalue weighted by molar-refractivity contribution is -0.130. The third-order valence-electron chi connectivity index (χ3n) is 3.96. The number of amides is 1. The highest BCUT2D eigenvalue weighted by Gasteiger charge is 2.15. The molecule has 0 bridgehead atoms. The van der Waals surface area contributed by atoms with Crippen molar-refractivity contribution in [1.29, 1.82) is 0 Å². The summed E-state index contributed by atoms with van der Waals surface area (Å²) in [6.07, 6.45) is 0.776. The van der Waals surface area contributed by atoms with Gasteiger partial charge in [-0.05, 0) is 36.3 Å². The summed E-state index contributed by atoms with van der Waals surface area (Å²) in [4.78, 5) is 13.9. The highest BCUT2D eigenvalue weighted by atomic mass is 16.3. The Balaban J connectivity index is 2.55. The number of aliphatic hydroxyl groups is 1. The summed E-state index contributed by atoms with van der Waals surface area (Å²) < 4.78 is 0. The predicted octanol–water partition coefficient (Wildman–Crippen LogP) is 3.53. The summed E-state index contributed by atoms with van der Waals surface area (Å²) in [7, 11) is 1.80. The Labute approximate surface area is 129 Å². The van der Waals surface area contributed by atoms with Crippen molar-refractivity contribution in [3.63, 3.8) is 0 Å². The van der Waals surface area contributed by atoms with Gasteiger partial charge in [0.25, 0.3) is 0 Å². The molecule has 1 rings (SSSR count). The van der Waals surface area contributed by atoms with E-state index in [-0.39, 0.29) is 17.9 Å². The molecule has 3 heteroatoms. The lowest BCUT2D eigenvalue weighted by Gasteiger charge is -2.20. The number of carbonyl (C=O) groups excluding carboxylic acids is 1. The van der Waals surface area contributed by atoms with E-state index in [1.807, 2.05) is 0 Å². The molecule has 0 aliphatic carbocycles. The molecule has 1 aromatic rings. The number of carbonyl (C=O) groups is 1. The van der Waals surface area contributed by atoms with Gasteiger partial charge in [-0.3, -0.25) is 4.79 Å². The van der Waals surface area contributed by atoms with E-state index in [1.54, 1.807) is 18.9 Å². The van der Waals surface area contributed by atoms with Gasteiger partial charge >= 0.3 is 0 Å². The fraction of sp³-hybridized carbons (Fsp3) is 0.611. The Morgan fingerprint density at radius 2 is 1.62 bits per heavy atom. The fourth-order valence-corrected chi connectivity index (χ4v) is 2.25. The van der Waals surface area contributed by atoms with Crippen molar-refractivity contribution in [3.8, 4) is 0 Å². The highest BCUT2D eigenvalue weighted by Crippen LogP contribution is 2.22. The largest absolute Gasteiger partial charge is 0.393 e. The molecule has 0 aromatic heterocycles. The number of aliphatic hydroxyl groups excluding tert-OH is 1. The van der Waals surface area contributed by atoms with Crippen molar-refractivity contribution in [2.75, 3.05) is 13.6 Å². The van der Waals surface area contributed by atoms with E-state index in [4.69, 9.17) is 0 Å². The van der Waals surface area contributed by atoms with Crippen LogP contribution in [0.25, 0.3) is 0 Å². The van der Waals surface area contributed by atoms with Gasteiger partial charge in [0.1, 0.15) is 0 Å². The molecule has 21 heavy (non-hydrogen) atoms. The zero-order chi connectivity index (χ0) is 16.0. The van der Waals surface area contributed by atoms with Crippen molar-refractivity contribution in [3.05, 3.63) is 35.4 Å². The number of rotatable bonds is 7. The normalized spacial score (nSPS) is 14.0. The number of nitrogens with zero attached hydrogens (tertiary/aromatic N) is 1. The van der Waals surface area contributed by atoms with Crippen LogP contribution in [0.5, 0.6) is 0 Å². The zero-order valence-electron chi connectivity index (χ0n) is 14.0. The van der Waals surface area contributed by atoms with Crippen LogP contribution in [0.4, 0.5) is 0 Å². The van der Waals surface area contributed by atoms with Crippen LogP contribution in [0.3, 0.4) is 0 Å². The van der Waals surface area contributed by atoms with E-state index >= 15 is 0 Å². The SMILES string of the molecule is CC(O)CCN(C)C(=O)CC(C)c1ccc(C(C)C)cc1. The lowest BCUT2D eigenvalue weighted by atomic mass is 9.94. The first kappa shape index (κ1) is 17.7. The molecule has 1 N–H and O–H groups in total. The van der Waals surface area contributed by atoms with E-state index in [0.717, 1.165) is 0 Å². The standard InChI is InChI=1S/C18H29NO2/c1-13(2)16-6-8-17(9-7-16)14(3)12-18(21)19(5)11-10-15(4)20/h6-9,13-15,20H,10-12H2,1-5H3. The maximum absolute atomic E-state index is 12.2. The average molecular weight is 291 g/mol. The van der Waals surface area contributed by atoms with Gasteiger partial charge in [0.05, 0.1) is 6.10 Å². The smallest absolute Gasteiger partial charge is 0.222 e. The van der Waals surface area contributed by atoms with Crippen molar-refractivity contribution in [1.82, 2.24) is 4.90 Å². The van der Waals surface area contributed by atoms with E-state index in [1.165, 1.54) is 11.1 Å². The minimum atomic E-state index is -0.360. The lowest BCUT2D eigenvalue weighted by Crippen LogP contribution is -2.30. The first-order chi connectivity index (χ1) is 9.81. The second kappa shape index (κ2) is 8.18. The summed E-state index contributed by atoms with van der Waals surface area (Å²) in [5, 5.41) is 9.28. The number of hydrogen-bond donors (Lipinski definition) is 1. The molecule has 1 amide bonds. The summed E-state index contributed by atoms with van der Waals surface area (Å²) in [5.41, 5.74) is 2.53. The Morgan fingerprint density at radius 3 is 2.10 bits per heavy atom. The molecule has 0 fully saturated rings. The third-order valence-corrected chi connectivity index (χ3v) is 3.96. The summed E-state index contributed by atoms with van der Waals surface area (Å²) in [6, 6.07) is 8.56. The topological polar surface area (TPSA) is 40.5 Å². The molecule has 0 aliphatic heterocycles. The number of benzene rings is 1. The molecule has 0 heterocycles. The van der Waals surface area contributed by atoms with E-state index in [9.17, 15) is 9.90 Å². The van der Waals surface area contributed by atoms with E-state index in [2.05, 4.69) is 45.0 Å². The van der Waals surface area contributed by atoms with Gasteiger partial charge in [-0.15, -0.1) is 0 Å². The summed E-state index contributed by atoms with van der Waals surface area (Å²) in [6.45, 7) is 8.80. The first-order valence-corrected chi connectivity index (χ1v) is 7.83. The van der Waals surface area contributed by atoms with Crippen LogP contribution in [0.1, 0.15) is 63.5 Å². The quantitative estimate of drug-likeness (QED) is 0.835. The Morgan fingerprint density at radius 1 is 1.10 bits per heavy atom. The van der Waals surface area contributed by atoms with Gasteiger partial charge in [-0.25, -0.2) is 0 Å². The van der Waals surface area contributed by atoms with Crippen LogP contribution in [0.2, 0.25) is 0 Å². The zero-order valence-corrected chi connectivity index (χ0v) is 14.0. The van der Waals surface area contributed by atoms with E-state index < -0.39 is 0 Å². The Kier molecular flexibility index (Phi) is 6.90. The van der Waals surface area contributed by atoms with Crippen LogP contribution in [0, 0.1) is 0 Å². The minimum absolute atomic E-state index is 0.135. The molecule has 0 radical (unpaired) electrons. The molecule has 3 nitrogen and oxygen atoms in total. The third kappa shape index (κ3) is 5.88. The molecule has 0 saturated carbocycles. The molecule has 0 aliphatic rings. The van der Waals surface area contributed by atoms with Crippen molar-refractivity contribution in [2.45, 2.75) is 58.5 Å². The van der Waals surface area contributed by atoms with Gasteiger partial charge in [-0.2, -0.15) is 0 Å². The highest BCUT2D eigenvalue weighted by molar-refractivity contribution is 5.76. The van der Waals surface area contributed by atoms with Crippen LogP contribution in [0.15, 0.2) is 24.3 Å². The molecular weight excluding hydrogens is 262 g/mol. The second-order valence-corrected chi connectivity index (χ2v) is 6.38. The average Bonchev–Trinajstić information content (AvgIpc) is 2.44. The van der Waals surface area contributed by atoms with Gasteiger partial charge in [-0.1, -0.05) is 45.0 Å². The van der Waals surface area contributed by atoms with Gasteiger partial charge in [0, 0.05) is 20.0 Å². The molecular formula is C18H29NO2. The van der Waals surface area contributed by atoms with Crippen LogP contribution < -0.4 is 0 Å². The molecule has 0 saturated heterocycles. The van der Waals surface area contributed by atoms with Gasteiger partial charge in [0.15, 0.2) is 0 Å². The predicted molar refractivity (Wildman–Crippen MR) is 87.5 cm³/mol. The van der Waals surface area contributed by atoms with Crippen molar-refractivity contribution in [2.24, 2.45) is 0 Å². The number of hydrogen-bond acceptors (Lipinski definition) is 2. The Hall–Kier alpha value is -1.35. The molecule has 118 valence electrons. The van der Waals surface area contributed by atoms with Crippen LogP contribution in [-0.2, 0) is 4.79 Å². The molecule has 1 aromatic carbocycles. The van der Waals surface area contributed by atoms with Crippen LogP contribution >= 0.6 is 0 Å².